The maximum atomic E-state index is 12.8. The van der Waals surface area contributed by atoms with Gasteiger partial charge in [0.1, 0.15) is 16.5 Å². The van der Waals surface area contributed by atoms with E-state index >= 15 is 0 Å². The van der Waals surface area contributed by atoms with Crippen LogP contribution in [-0.4, -0.2) is 41.4 Å². The highest BCUT2D eigenvalue weighted by Gasteiger charge is 2.17. The molecule has 4 aromatic rings. The standard InChI is InChI=1S/C25H27N5OS/c1-16-9-8-10-17(2)23(16)29-21(31)13-26-24-22-19(18-11-6-5-7-12-18)15-32-25(22)28-20(27-24)14-30(3)4/h5-12,15H,13-14H2,1-4H3,(H,29,31)(H,26,27,28). The van der Waals surface area contributed by atoms with Crippen LogP contribution in [0.4, 0.5) is 11.5 Å². The summed E-state index contributed by atoms with van der Waals surface area (Å²) < 4.78 is 0. The van der Waals surface area contributed by atoms with Crippen LogP contribution in [0.3, 0.4) is 0 Å². The van der Waals surface area contributed by atoms with Crippen LogP contribution in [0.2, 0.25) is 0 Å². The third kappa shape index (κ3) is 4.79. The van der Waals surface area contributed by atoms with Crippen LogP contribution in [0, 0.1) is 13.8 Å². The van der Waals surface area contributed by atoms with Gasteiger partial charge in [0.2, 0.25) is 5.91 Å². The Morgan fingerprint density at radius 3 is 2.41 bits per heavy atom. The molecule has 0 atom stereocenters. The lowest BCUT2D eigenvalue weighted by atomic mass is 10.1. The number of nitrogens with zero attached hydrogens (tertiary/aromatic N) is 3. The number of fused-ring (bicyclic) bond motifs is 1. The van der Waals surface area contributed by atoms with E-state index in [1.54, 1.807) is 11.3 Å². The Balaban J connectivity index is 1.65. The molecule has 0 aliphatic carbocycles. The fourth-order valence-corrected chi connectivity index (χ4v) is 4.62. The molecule has 0 spiro atoms. The lowest BCUT2D eigenvalue weighted by Gasteiger charge is -2.14. The van der Waals surface area contributed by atoms with Crippen molar-refractivity contribution >= 4 is 39.0 Å². The molecule has 0 radical (unpaired) electrons. The molecule has 0 fully saturated rings. The number of hydrogen-bond acceptors (Lipinski definition) is 6. The Kier molecular flexibility index (Phi) is 6.48. The fraction of sp³-hybridized carbons (Fsp3) is 0.240. The summed E-state index contributed by atoms with van der Waals surface area (Å²) in [5.74, 6) is 1.30. The van der Waals surface area contributed by atoms with Crippen molar-refractivity contribution in [2.45, 2.75) is 20.4 Å². The molecular formula is C25H27N5OS. The fourth-order valence-electron chi connectivity index (χ4n) is 3.66. The van der Waals surface area contributed by atoms with Gasteiger partial charge in [-0.3, -0.25) is 4.79 Å². The van der Waals surface area contributed by atoms with Gasteiger partial charge in [0.05, 0.1) is 18.5 Å². The van der Waals surface area contributed by atoms with E-state index in [1.807, 2.05) is 69.2 Å². The van der Waals surface area contributed by atoms with E-state index in [2.05, 4.69) is 28.1 Å². The molecule has 2 aromatic carbocycles. The summed E-state index contributed by atoms with van der Waals surface area (Å²) in [4.78, 5) is 25.2. The smallest absolute Gasteiger partial charge is 0.243 e. The molecule has 2 N–H and O–H groups in total. The minimum absolute atomic E-state index is 0.111. The molecule has 0 aliphatic heterocycles. The number of carbonyl (C=O) groups is 1. The van der Waals surface area contributed by atoms with Gasteiger partial charge in [-0.25, -0.2) is 9.97 Å². The number of rotatable bonds is 7. The molecule has 6 nitrogen and oxygen atoms in total. The zero-order valence-electron chi connectivity index (χ0n) is 18.8. The van der Waals surface area contributed by atoms with Crippen molar-refractivity contribution in [2.75, 3.05) is 31.3 Å². The highest BCUT2D eigenvalue weighted by Crippen LogP contribution is 2.37. The number of aromatic nitrogens is 2. The Morgan fingerprint density at radius 2 is 1.72 bits per heavy atom. The molecular weight excluding hydrogens is 418 g/mol. The first-order valence-corrected chi connectivity index (χ1v) is 11.4. The van der Waals surface area contributed by atoms with Crippen molar-refractivity contribution in [3.63, 3.8) is 0 Å². The van der Waals surface area contributed by atoms with Gasteiger partial charge < -0.3 is 15.5 Å². The highest BCUT2D eigenvalue weighted by atomic mass is 32.1. The zero-order valence-corrected chi connectivity index (χ0v) is 19.6. The molecule has 2 heterocycles. The second-order valence-corrected chi connectivity index (χ2v) is 8.95. The Morgan fingerprint density at radius 1 is 1.00 bits per heavy atom. The summed E-state index contributed by atoms with van der Waals surface area (Å²) in [6.45, 7) is 4.73. The number of hydrogen-bond donors (Lipinski definition) is 2. The average Bonchev–Trinajstić information content (AvgIpc) is 3.19. The molecule has 0 bridgehead atoms. The molecule has 7 heteroatoms. The largest absolute Gasteiger partial charge is 0.360 e. The van der Waals surface area contributed by atoms with Crippen molar-refractivity contribution in [3.05, 3.63) is 70.9 Å². The Bertz CT molecular complexity index is 1230. The van der Waals surface area contributed by atoms with Crippen LogP contribution >= 0.6 is 11.3 Å². The lowest BCUT2D eigenvalue weighted by molar-refractivity contribution is -0.114. The molecule has 0 aliphatic rings. The normalized spacial score (nSPS) is 11.2. The third-order valence-electron chi connectivity index (χ3n) is 5.18. The third-order valence-corrected chi connectivity index (χ3v) is 6.06. The molecule has 0 saturated heterocycles. The maximum Gasteiger partial charge on any atom is 0.243 e. The first-order chi connectivity index (χ1) is 15.4. The average molecular weight is 446 g/mol. The summed E-state index contributed by atoms with van der Waals surface area (Å²) >= 11 is 1.59. The van der Waals surface area contributed by atoms with Gasteiger partial charge in [0.25, 0.3) is 0 Å². The van der Waals surface area contributed by atoms with Crippen LogP contribution in [0.15, 0.2) is 53.9 Å². The molecule has 4 rings (SSSR count). The van der Waals surface area contributed by atoms with E-state index in [0.717, 1.165) is 44.0 Å². The summed E-state index contributed by atoms with van der Waals surface area (Å²) in [6.07, 6.45) is 0. The van der Waals surface area contributed by atoms with Crippen molar-refractivity contribution in [2.24, 2.45) is 0 Å². The van der Waals surface area contributed by atoms with Crippen molar-refractivity contribution < 1.29 is 4.79 Å². The predicted octanol–water partition coefficient (Wildman–Crippen LogP) is 5.09. The van der Waals surface area contributed by atoms with Gasteiger partial charge in [-0.15, -0.1) is 11.3 Å². The number of anilines is 2. The number of amides is 1. The zero-order chi connectivity index (χ0) is 22.7. The van der Waals surface area contributed by atoms with Crippen LogP contribution in [-0.2, 0) is 11.3 Å². The van der Waals surface area contributed by atoms with Gasteiger partial charge >= 0.3 is 0 Å². The molecule has 2 aromatic heterocycles. The van der Waals surface area contributed by atoms with Gasteiger partial charge in [0.15, 0.2) is 0 Å². The van der Waals surface area contributed by atoms with E-state index in [1.165, 1.54) is 0 Å². The minimum Gasteiger partial charge on any atom is -0.360 e. The molecule has 164 valence electrons. The van der Waals surface area contributed by atoms with Crippen molar-refractivity contribution in [1.29, 1.82) is 0 Å². The van der Waals surface area contributed by atoms with Gasteiger partial charge in [-0.1, -0.05) is 48.5 Å². The molecule has 32 heavy (non-hydrogen) atoms. The van der Waals surface area contributed by atoms with Crippen LogP contribution in [0.1, 0.15) is 17.0 Å². The molecule has 1 amide bonds. The van der Waals surface area contributed by atoms with Crippen LogP contribution in [0.25, 0.3) is 21.3 Å². The number of para-hydroxylation sites is 1. The van der Waals surface area contributed by atoms with Gasteiger partial charge in [0, 0.05) is 16.6 Å². The monoisotopic (exact) mass is 445 g/mol. The quantitative estimate of drug-likeness (QED) is 0.415. The topological polar surface area (TPSA) is 70.2 Å². The Labute approximate surface area is 192 Å². The van der Waals surface area contributed by atoms with E-state index in [0.29, 0.717) is 12.4 Å². The number of benzene rings is 2. The molecule has 0 saturated carbocycles. The molecule has 0 unspecified atom stereocenters. The van der Waals surface area contributed by atoms with Crippen LogP contribution in [0.5, 0.6) is 0 Å². The number of thiophene rings is 1. The van der Waals surface area contributed by atoms with Crippen molar-refractivity contribution in [3.8, 4) is 11.1 Å². The van der Waals surface area contributed by atoms with Gasteiger partial charge in [-0.05, 0) is 44.6 Å². The first kappa shape index (κ1) is 21.9. The Hall–Kier alpha value is -3.29. The number of carbonyl (C=O) groups excluding carboxylic acids is 1. The van der Waals surface area contributed by atoms with Gasteiger partial charge in [-0.2, -0.15) is 0 Å². The minimum atomic E-state index is -0.111. The summed E-state index contributed by atoms with van der Waals surface area (Å²) in [5, 5.41) is 9.37. The lowest BCUT2D eigenvalue weighted by Crippen LogP contribution is -2.23. The number of aryl methyl sites for hydroxylation is 2. The van der Waals surface area contributed by atoms with E-state index < -0.39 is 0 Å². The van der Waals surface area contributed by atoms with Crippen LogP contribution < -0.4 is 10.6 Å². The SMILES string of the molecule is Cc1cccc(C)c1NC(=O)CNc1nc(CN(C)C)nc2scc(-c3ccccc3)c12. The van der Waals surface area contributed by atoms with E-state index in [9.17, 15) is 4.79 Å². The number of nitrogens with one attached hydrogen (secondary N) is 2. The highest BCUT2D eigenvalue weighted by molar-refractivity contribution is 7.17. The summed E-state index contributed by atoms with van der Waals surface area (Å²) in [6, 6.07) is 16.2. The second-order valence-electron chi connectivity index (χ2n) is 8.09. The maximum absolute atomic E-state index is 12.8. The summed E-state index contributed by atoms with van der Waals surface area (Å²) in [5.41, 5.74) is 5.12. The summed E-state index contributed by atoms with van der Waals surface area (Å²) in [7, 11) is 3.98. The second kappa shape index (κ2) is 9.46. The first-order valence-electron chi connectivity index (χ1n) is 10.5. The van der Waals surface area contributed by atoms with E-state index in [-0.39, 0.29) is 12.5 Å². The van der Waals surface area contributed by atoms with Crippen molar-refractivity contribution in [1.82, 2.24) is 14.9 Å². The predicted molar refractivity (Wildman–Crippen MR) is 133 cm³/mol. The van der Waals surface area contributed by atoms with E-state index in [4.69, 9.17) is 9.97 Å².